The monoisotopic (exact) mass is 320 g/mol. The predicted octanol–water partition coefficient (Wildman–Crippen LogP) is 3.20. The number of thiocarbonyl (C=S) groups is 1. The summed E-state index contributed by atoms with van der Waals surface area (Å²) in [4.78, 5) is 0. The van der Waals surface area contributed by atoms with Crippen molar-refractivity contribution < 1.29 is 13.9 Å². The molecule has 0 aliphatic heterocycles. The van der Waals surface area contributed by atoms with E-state index in [1.165, 1.54) is 12.1 Å². The van der Waals surface area contributed by atoms with E-state index in [4.69, 9.17) is 21.7 Å². The molecule has 0 spiro atoms. The highest BCUT2D eigenvalue weighted by Gasteiger charge is 1.99. The van der Waals surface area contributed by atoms with Gasteiger partial charge in [-0.05, 0) is 60.7 Å². The third-order valence-electron chi connectivity index (χ3n) is 2.82. The van der Waals surface area contributed by atoms with Gasteiger partial charge in [-0.25, -0.2) is 4.39 Å². The van der Waals surface area contributed by atoms with Crippen molar-refractivity contribution in [2.45, 2.75) is 0 Å². The number of nitrogens with one attached hydrogen (secondary N) is 2. The molecular formula is C16H17FN2O2S. The lowest BCUT2D eigenvalue weighted by Gasteiger charge is -2.11. The third kappa shape index (κ3) is 5.21. The first-order valence-corrected chi connectivity index (χ1v) is 7.15. The molecule has 2 N–H and O–H groups in total. The fourth-order valence-electron chi connectivity index (χ4n) is 1.71. The SMILES string of the molecule is COc1ccc(OCCNC(=S)Nc2ccc(F)cc2)cc1. The summed E-state index contributed by atoms with van der Waals surface area (Å²) in [6.45, 7) is 1.02. The van der Waals surface area contributed by atoms with Gasteiger partial charge in [0, 0.05) is 5.69 Å². The molecule has 0 aliphatic carbocycles. The molecular weight excluding hydrogens is 303 g/mol. The molecule has 0 aromatic heterocycles. The van der Waals surface area contributed by atoms with Crippen molar-refractivity contribution in [3.05, 3.63) is 54.3 Å². The summed E-state index contributed by atoms with van der Waals surface area (Å²) in [5.41, 5.74) is 0.731. The molecule has 0 fully saturated rings. The van der Waals surface area contributed by atoms with E-state index >= 15 is 0 Å². The van der Waals surface area contributed by atoms with Crippen LogP contribution < -0.4 is 20.1 Å². The van der Waals surface area contributed by atoms with Crippen LogP contribution >= 0.6 is 12.2 Å². The van der Waals surface area contributed by atoms with Gasteiger partial charge in [-0.1, -0.05) is 0 Å². The summed E-state index contributed by atoms with van der Waals surface area (Å²) in [6.07, 6.45) is 0. The molecule has 4 nitrogen and oxygen atoms in total. The van der Waals surface area contributed by atoms with Crippen molar-refractivity contribution in [1.29, 1.82) is 0 Å². The van der Waals surface area contributed by atoms with Crippen LogP contribution in [-0.4, -0.2) is 25.4 Å². The molecule has 0 radical (unpaired) electrons. The fourth-order valence-corrected chi connectivity index (χ4v) is 1.93. The largest absolute Gasteiger partial charge is 0.497 e. The maximum atomic E-state index is 12.8. The Kier molecular flexibility index (Phi) is 5.97. The molecule has 0 amide bonds. The zero-order valence-electron chi connectivity index (χ0n) is 12.1. The normalized spacial score (nSPS) is 9.91. The van der Waals surface area contributed by atoms with Gasteiger partial charge >= 0.3 is 0 Å². The summed E-state index contributed by atoms with van der Waals surface area (Å²) < 4.78 is 23.4. The van der Waals surface area contributed by atoms with E-state index in [-0.39, 0.29) is 5.82 Å². The zero-order valence-corrected chi connectivity index (χ0v) is 13.0. The lowest BCUT2D eigenvalue weighted by Crippen LogP contribution is -2.31. The van der Waals surface area contributed by atoms with Crippen LogP contribution in [0.1, 0.15) is 0 Å². The number of hydrogen-bond acceptors (Lipinski definition) is 3. The number of ether oxygens (including phenoxy) is 2. The van der Waals surface area contributed by atoms with Crippen LogP contribution in [-0.2, 0) is 0 Å². The summed E-state index contributed by atoms with van der Waals surface area (Å²) in [5.74, 6) is 1.27. The molecule has 0 heterocycles. The summed E-state index contributed by atoms with van der Waals surface area (Å²) >= 11 is 5.14. The molecule has 2 aromatic carbocycles. The predicted molar refractivity (Wildman–Crippen MR) is 89.1 cm³/mol. The Labute approximate surface area is 134 Å². The number of benzene rings is 2. The van der Waals surface area contributed by atoms with Crippen LogP contribution in [0, 0.1) is 5.82 Å². The Morgan fingerprint density at radius 3 is 2.32 bits per heavy atom. The minimum absolute atomic E-state index is 0.280. The van der Waals surface area contributed by atoms with Crippen LogP contribution in [0.15, 0.2) is 48.5 Å². The van der Waals surface area contributed by atoms with Gasteiger partial charge in [-0.3, -0.25) is 0 Å². The van der Waals surface area contributed by atoms with E-state index in [9.17, 15) is 4.39 Å². The number of anilines is 1. The first-order chi connectivity index (χ1) is 10.7. The molecule has 0 bridgehead atoms. The summed E-state index contributed by atoms with van der Waals surface area (Å²) in [6, 6.07) is 13.3. The molecule has 22 heavy (non-hydrogen) atoms. The highest BCUT2D eigenvalue weighted by Crippen LogP contribution is 2.16. The molecule has 0 unspecified atom stereocenters. The fraction of sp³-hybridized carbons (Fsp3) is 0.188. The Morgan fingerprint density at radius 2 is 1.68 bits per heavy atom. The van der Waals surface area contributed by atoms with Gasteiger partial charge in [-0.15, -0.1) is 0 Å². The van der Waals surface area contributed by atoms with E-state index in [1.54, 1.807) is 19.2 Å². The second-order valence-electron chi connectivity index (χ2n) is 4.41. The number of hydrogen-bond donors (Lipinski definition) is 2. The molecule has 6 heteroatoms. The smallest absolute Gasteiger partial charge is 0.170 e. The van der Waals surface area contributed by atoms with Crippen molar-refractivity contribution in [2.24, 2.45) is 0 Å². The average Bonchev–Trinajstić information content (AvgIpc) is 2.54. The van der Waals surface area contributed by atoms with E-state index in [2.05, 4.69) is 10.6 Å². The molecule has 0 saturated carbocycles. The third-order valence-corrected chi connectivity index (χ3v) is 3.06. The van der Waals surface area contributed by atoms with Crippen LogP contribution in [0.25, 0.3) is 0 Å². The number of halogens is 1. The summed E-state index contributed by atoms with van der Waals surface area (Å²) in [5, 5.41) is 6.44. The van der Waals surface area contributed by atoms with E-state index in [0.29, 0.717) is 18.3 Å². The topological polar surface area (TPSA) is 42.5 Å². The number of rotatable bonds is 6. The van der Waals surface area contributed by atoms with Crippen molar-refractivity contribution >= 4 is 23.0 Å². The van der Waals surface area contributed by atoms with E-state index < -0.39 is 0 Å². The lowest BCUT2D eigenvalue weighted by atomic mass is 10.3. The molecule has 0 aliphatic rings. The molecule has 2 rings (SSSR count). The maximum absolute atomic E-state index is 12.8. The van der Waals surface area contributed by atoms with Crippen LogP contribution in [0.5, 0.6) is 11.5 Å². The summed E-state index contributed by atoms with van der Waals surface area (Å²) in [7, 11) is 1.62. The van der Waals surface area contributed by atoms with Crippen molar-refractivity contribution in [1.82, 2.24) is 5.32 Å². The van der Waals surface area contributed by atoms with Gasteiger partial charge in [0.2, 0.25) is 0 Å². The lowest BCUT2D eigenvalue weighted by molar-refractivity contribution is 0.322. The highest BCUT2D eigenvalue weighted by atomic mass is 32.1. The molecule has 0 saturated heterocycles. The van der Waals surface area contributed by atoms with Gasteiger partial charge in [0.15, 0.2) is 5.11 Å². The van der Waals surface area contributed by atoms with Crippen LogP contribution in [0.2, 0.25) is 0 Å². The second-order valence-corrected chi connectivity index (χ2v) is 4.82. The van der Waals surface area contributed by atoms with E-state index in [0.717, 1.165) is 17.2 Å². The van der Waals surface area contributed by atoms with E-state index in [1.807, 2.05) is 24.3 Å². The first-order valence-electron chi connectivity index (χ1n) is 6.74. The van der Waals surface area contributed by atoms with Gasteiger partial charge in [0.25, 0.3) is 0 Å². The second kappa shape index (κ2) is 8.19. The Morgan fingerprint density at radius 1 is 1.05 bits per heavy atom. The average molecular weight is 320 g/mol. The van der Waals surface area contributed by atoms with Gasteiger partial charge < -0.3 is 20.1 Å². The van der Waals surface area contributed by atoms with Crippen molar-refractivity contribution in [2.75, 3.05) is 25.6 Å². The minimum atomic E-state index is -0.280. The van der Waals surface area contributed by atoms with Crippen molar-refractivity contribution in [3.63, 3.8) is 0 Å². The Balaban J connectivity index is 1.67. The Hall–Kier alpha value is -2.34. The minimum Gasteiger partial charge on any atom is -0.497 e. The molecule has 0 atom stereocenters. The Bertz CT molecular complexity index is 603. The molecule has 116 valence electrons. The van der Waals surface area contributed by atoms with Crippen molar-refractivity contribution in [3.8, 4) is 11.5 Å². The zero-order chi connectivity index (χ0) is 15.8. The van der Waals surface area contributed by atoms with Crippen LogP contribution in [0.3, 0.4) is 0 Å². The maximum Gasteiger partial charge on any atom is 0.170 e. The standard InChI is InChI=1S/C16H17FN2O2S/c1-20-14-6-8-15(9-7-14)21-11-10-18-16(22)19-13-4-2-12(17)3-5-13/h2-9H,10-11H2,1H3,(H2,18,19,22). The quantitative estimate of drug-likeness (QED) is 0.632. The van der Waals surface area contributed by atoms with Gasteiger partial charge in [0.05, 0.1) is 13.7 Å². The highest BCUT2D eigenvalue weighted by molar-refractivity contribution is 7.80. The van der Waals surface area contributed by atoms with Gasteiger partial charge in [-0.2, -0.15) is 0 Å². The molecule has 2 aromatic rings. The number of methoxy groups -OCH3 is 1. The van der Waals surface area contributed by atoms with Crippen LogP contribution in [0.4, 0.5) is 10.1 Å². The first kappa shape index (κ1) is 16.0. The van der Waals surface area contributed by atoms with Gasteiger partial charge in [0.1, 0.15) is 23.9 Å².